The van der Waals surface area contributed by atoms with Gasteiger partial charge in [0.1, 0.15) is 5.69 Å². The SMILES string of the molecule is NCc1nc(-c2ccccc2)c(C(F)(F)F)o1. The Hall–Kier alpha value is -1.82. The first-order valence-electron chi connectivity index (χ1n) is 4.84. The molecule has 0 fully saturated rings. The summed E-state index contributed by atoms with van der Waals surface area (Å²) in [6.07, 6.45) is -4.58. The van der Waals surface area contributed by atoms with E-state index in [4.69, 9.17) is 5.73 Å². The molecule has 1 aromatic carbocycles. The molecule has 0 amide bonds. The summed E-state index contributed by atoms with van der Waals surface area (Å²) in [5.41, 5.74) is 5.36. The number of hydrogen-bond donors (Lipinski definition) is 1. The van der Waals surface area contributed by atoms with Gasteiger partial charge in [0.15, 0.2) is 0 Å². The maximum absolute atomic E-state index is 12.7. The number of benzene rings is 1. The molecule has 0 unspecified atom stereocenters. The molecule has 2 rings (SSSR count). The predicted octanol–water partition coefficient (Wildman–Crippen LogP) is 2.82. The predicted molar refractivity (Wildman–Crippen MR) is 54.8 cm³/mol. The maximum Gasteiger partial charge on any atom is 0.451 e. The second-order valence-electron chi connectivity index (χ2n) is 3.35. The van der Waals surface area contributed by atoms with Gasteiger partial charge in [-0.05, 0) is 0 Å². The molecule has 90 valence electrons. The van der Waals surface area contributed by atoms with Crippen LogP contribution in [0.1, 0.15) is 11.7 Å². The van der Waals surface area contributed by atoms with Gasteiger partial charge < -0.3 is 10.2 Å². The molecule has 17 heavy (non-hydrogen) atoms. The lowest BCUT2D eigenvalue weighted by molar-refractivity contribution is -0.152. The molecule has 2 aromatic rings. The molecule has 0 spiro atoms. The van der Waals surface area contributed by atoms with Crippen molar-refractivity contribution in [3.05, 3.63) is 42.0 Å². The van der Waals surface area contributed by atoms with E-state index in [0.29, 0.717) is 5.56 Å². The number of alkyl halides is 3. The Balaban J connectivity index is 2.57. The van der Waals surface area contributed by atoms with Crippen LogP contribution >= 0.6 is 0 Å². The van der Waals surface area contributed by atoms with Crippen molar-refractivity contribution in [2.45, 2.75) is 12.7 Å². The van der Waals surface area contributed by atoms with Crippen molar-refractivity contribution in [3.63, 3.8) is 0 Å². The molecule has 1 aromatic heterocycles. The first-order valence-corrected chi connectivity index (χ1v) is 4.84. The fourth-order valence-electron chi connectivity index (χ4n) is 1.44. The maximum atomic E-state index is 12.7. The van der Waals surface area contributed by atoms with E-state index >= 15 is 0 Å². The van der Waals surface area contributed by atoms with Gasteiger partial charge >= 0.3 is 6.18 Å². The van der Waals surface area contributed by atoms with Crippen LogP contribution < -0.4 is 5.73 Å². The van der Waals surface area contributed by atoms with Crippen LogP contribution in [-0.4, -0.2) is 4.98 Å². The standard InChI is InChI=1S/C11H9F3N2O/c12-11(13,14)10-9(16-8(6-15)17-10)7-4-2-1-3-5-7/h1-5H,6,15H2. The van der Waals surface area contributed by atoms with Crippen LogP contribution in [0.3, 0.4) is 0 Å². The molecule has 0 saturated carbocycles. The highest BCUT2D eigenvalue weighted by molar-refractivity contribution is 5.61. The molecule has 2 N–H and O–H groups in total. The van der Waals surface area contributed by atoms with E-state index in [1.165, 1.54) is 12.1 Å². The van der Waals surface area contributed by atoms with E-state index < -0.39 is 11.9 Å². The highest BCUT2D eigenvalue weighted by atomic mass is 19.4. The first kappa shape index (κ1) is 11.7. The largest absolute Gasteiger partial charge is 0.451 e. The summed E-state index contributed by atoms with van der Waals surface area (Å²) in [4.78, 5) is 3.75. The van der Waals surface area contributed by atoms with E-state index in [-0.39, 0.29) is 18.1 Å². The summed E-state index contributed by atoms with van der Waals surface area (Å²) in [7, 11) is 0. The minimum absolute atomic E-state index is 0.129. The minimum Gasteiger partial charge on any atom is -0.434 e. The van der Waals surface area contributed by atoms with Gasteiger partial charge in [-0.3, -0.25) is 0 Å². The number of rotatable bonds is 2. The number of nitrogens with two attached hydrogens (primary N) is 1. The molecular weight excluding hydrogens is 233 g/mol. The van der Waals surface area contributed by atoms with Crippen molar-refractivity contribution >= 4 is 0 Å². The Morgan fingerprint density at radius 1 is 1.18 bits per heavy atom. The average Bonchev–Trinajstić information content (AvgIpc) is 2.74. The van der Waals surface area contributed by atoms with E-state index in [0.717, 1.165) is 0 Å². The molecule has 0 atom stereocenters. The molecule has 3 nitrogen and oxygen atoms in total. The zero-order valence-corrected chi connectivity index (χ0v) is 8.66. The molecule has 0 saturated heterocycles. The van der Waals surface area contributed by atoms with Crippen LogP contribution in [0.5, 0.6) is 0 Å². The Morgan fingerprint density at radius 3 is 2.35 bits per heavy atom. The van der Waals surface area contributed by atoms with E-state index in [1.807, 2.05) is 0 Å². The summed E-state index contributed by atoms with van der Waals surface area (Å²) in [5.74, 6) is -1.24. The van der Waals surface area contributed by atoms with Crippen LogP contribution in [0.4, 0.5) is 13.2 Å². The Bertz CT molecular complexity index is 505. The third kappa shape index (κ3) is 2.31. The topological polar surface area (TPSA) is 52.0 Å². The van der Waals surface area contributed by atoms with Crippen LogP contribution in [0.25, 0.3) is 11.3 Å². The lowest BCUT2D eigenvalue weighted by Gasteiger charge is -2.04. The van der Waals surface area contributed by atoms with Crippen molar-refractivity contribution < 1.29 is 17.6 Å². The van der Waals surface area contributed by atoms with Crippen molar-refractivity contribution in [3.8, 4) is 11.3 Å². The molecule has 0 radical (unpaired) electrons. The van der Waals surface area contributed by atoms with E-state index in [2.05, 4.69) is 9.40 Å². The zero-order valence-electron chi connectivity index (χ0n) is 8.66. The van der Waals surface area contributed by atoms with Gasteiger partial charge in [-0.15, -0.1) is 0 Å². The molecule has 0 aliphatic heterocycles. The van der Waals surface area contributed by atoms with Gasteiger partial charge in [0.2, 0.25) is 11.7 Å². The third-order valence-corrected chi connectivity index (χ3v) is 2.15. The van der Waals surface area contributed by atoms with Crippen LogP contribution in [0.15, 0.2) is 34.7 Å². The van der Waals surface area contributed by atoms with Crippen molar-refractivity contribution in [1.82, 2.24) is 4.98 Å². The number of nitrogens with zero attached hydrogens (tertiary/aromatic N) is 1. The van der Waals surface area contributed by atoms with E-state index in [1.54, 1.807) is 18.2 Å². The summed E-state index contributed by atoms with van der Waals surface area (Å²) in [5, 5.41) is 0. The highest BCUT2D eigenvalue weighted by Gasteiger charge is 2.39. The molecule has 6 heteroatoms. The molecule has 1 heterocycles. The Kier molecular flexibility index (Phi) is 2.89. The van der Waals surface area contributed by atoms with Gasteiger partial charge in [-0.1, -0.05) is 30.3 Å². The summed E-state index contributed by atoms with van der Waals surface area (Å²) < 4.78 is 42.7. The molecule has 0 aliphatic rings. The van der Waals surface area contributed by atoms with Gasteiger partial charge in [-0.25, -0.2) is 4.98 Å². The van der Waals surface area contributed by atoms with Gasteiger partial charge in [0.05, 0.1) is 6.54 Å². The summed E-state index contributed by atoms with van der Waals surface area (Å²) in [6, 6.07) is 8.04. The Labute approximate surface area is 95.1 Å². The normalized spacial score (nSPS) is 11.8. The van der Waals surface area contributed by atoms with Gasteiger partial charge in [0.25, 0.3) is 0 Å². The first-order chi connectivity index (χ1) is 8.02. The van der Waals surface area contributed by atoms with E-state index in [9.17, 15) is 13.2 Å². The monoisotopic (exact) mass is 242 g/mol. The second-order valence-corrected chi connectivity index (χ2v) is 3.35. The molecule has 0 bridgehead atoms. The van der Waals surface area contributed by atoms with Crippen molar-refractivity contribution in [2.24, 2.45) is 5.73 Å². The number of halogens is 3. The Morgan fingerprint density at radius 2 is 1.82 bits per heavy atom. The van der Waals surface area contributed by atoms with Crippen molar-refractivity contribution in [1.29, 1.82) is 0 Å². The number of oxazole rings is 1. The van der Waals surface area contributed by atoms with Crippen molar-refractivity contribution in [2.75, 3.05) is 0 Å². The lowest BCUT2D eigenvalue weighted by atomic mass is 10.1. The summed E-state index contributed by atoms with van der Waals surface area (Å²) in [6.45, 7) is -0.171. The second kappa shape index (κ2) is 4.21. The van der Waals surface area contributed by atoms with Gasteiger partial charge in [-0.2, -0.15) is 13.2 Å². The smallest absolute Gasteiger partial charge is 0.434 e. The zero-order chi connectivity index (χ0) is 12.5. The van der Waals surface area contributed by atoms with Crippen LogP contribution in [-0.2, 0) is 12.7 Å². The fourth-order valence-corrected chi connectivity index (χ4v) is 1.44. The highest BCUT2D eigenvalue weighted by Crippen LogP contribution is 2.37. The molecular formula is C11H9F3N2O. The van der Waals surface area contributed by atoms with Crippen LogP contribution in [0.2, 0.25) is 0 Å². The van der Waals surface area contributed by atoms with Gasteiger partial charge in [0, 0.05) is 5.56 Å². The number of aromatic nitrogens is 1. The third-order valence-electron chi connectivity index (χ3n) is 2.15. The summed E-state index contributed by atoms with van der Waals surface area (Å²) >= 11 is 0. The number of hydrogen-bond acceptors (Lipinski definition) is 3. The molecule has 0 aliphatic carbocycles. The lowest BCUT2D eigenvalue weighted by Crippen LogP contribution is -2.05. The quantitative estimate of drug-likeness (QED) is 0.880. The minimum atomic E-state index is -4.58. The fraction of sp³-hybridized carbons (Fsp3) is 0.182. The average molecular weight is 242 g/mol. The van der Waals surface area contributed by atoms with Crippen LogP contribution in [0, 0.1) is 0 Å².